The molecule has 5 nitrogen and oxygen atoms in total. The van der Waals surface area contributed by atoms with Crippen LogP contribution < -0.4 is 4.74 Å². The van der Waals surface area contributed by atoms with Crippen LogP contribution in [0.15, 0.2) is 36.4 Å². The summed E-state index contributed by atoms with van der Waals surface area (Å²) in [4.78, 5) is 20.3. The lowest BCUT2D eigenvalue weighted by molar-refractivity contribution is 0.0573. The van der Waals surface area contributed by atoms with Crippen LogP contribution in [0, 0.1) is 0 Å². The van der Waals surface area contributed by atoms with Crippen LogP contribution in [-0.4, -0.2) is 78.1 Å². The molecule has 0 unspecified atom stereocenters. The number of piperazine rings is 1. The van der Waals surface area contributed by atoms with Gasteiger partial charge in [0.1, 0.15) is 11.9 Å². The van der Waals surface area contributed by atoms with Gasteiger partial charge in [-0.1, -0.05) is 25.0 Å². The molecule has 6 heteroatoms. The van der Waals surface area contributed by atoms with Crippen molar-refractivity contribution in [1.82, 2.24) is 14.7 Å². The standard InChI is InChI=1S/C28H39N3O2.ClH/c1-21(2)29-13-11-26(12-14-29)33-27-10-9-22-19-24(8-7-23(22)20-27)28(32)31-17-15-30(16-18-31)25-5-3-4-6-25;/h7-10,19-21,25-26H,3-6,11-18H2,1-2H3;1H. The van der Waals surface area contributed by atoms with Crippen LogP contribution in [0.25, 0.3) is 10.8 Å². The molecule has 2 aliphatic heterocycles. The molecule has 1 aliphatic carbocycles. The van der Waals surface area contributed by atoms with E-state index < -0.39 is 0 Å². The van der Waals surface area contributed by atoms with Crippen molar-refractivity contribution in [3.63, 3.8) is 0 Å². The summed E-state index contributed by atoms with van der Waals surface area (Å²) in [6.45, 7) is 10.5. The van der Waals surface area contributed by atoms with Gasteiger partial charge >= 0.3 is 0 Å². The number of fused-ring (bicyclic) bond motifs is 1. The van der Waals surface area contributed by atoms with Crippen LogP contribution in [0.1, 0.15) is 62.7 Å². The van der Waals surface area contributed by atoms with Crippen LogP contribution in [0.3, 0.4) is 0 Å². The molecule has 0 aromatic heterocycles. The van der Waals surface area contributed by atoms with Gasteiger partial charge in [-0.2, -0.15) is 0 Å². The fourth-order valence-electron chi connectivity index (χ4n) is 5.87. The lowest BCUT2D eigenvalue weighted by atomic mass is 10.0. The van der Waals surface area contributed by atoms with Gasteiger partial charge < -0.3 is 14.5 Å². The Morgan fingerprint density at radius 1 is 0.853 bits per heavy atom. The molecule has 34 heavy (non-hydrogen) atoms. The van der Waals surface area contributed by atoms with Gasteiger partial charge in [0.25, 0.3) is 5.91 Å². The first-order valence-electron chi connectivity index (χ1n) is 13.0. The number of ether oxygens (including phenoxy) is 1. The number of hydrogen-bond acceptors (Lipinski definition) is 4. The smallest absolute Gasteiger partial charge is 0.253 e. The zero-order valence-electron chi connectivity index (χ0n) is 20.7. The molecule has 0 radical (unpaired) electrons. The molecule has 2 aromatic rings. The summed E-state index contributed by atoms with van der Waals surface area (Å²) in [5, 5.41) is 2.24. The third-order valence-electron chi connectivity index (χ3n) is 8.01. The van der Waals surface area contributed by atoms with Crippen LogP contribution in [0.4, 0.5) is 0 Å². The van der Waals surface area contributed by atoms with E-state index in [-0.39, 0.29) is 18.3 Å². The Kier molecular flexibility index (Phi) is 8.39. The number of carbonyl (C=O) groups is 1. The lowest BCUT2D eigenvalue weighted by Crippen LogP contribution is -2.51. The number of rotatable bonds is 5. The molecule has 5 rings (SSSR count). The molecule has 1 saturated carbocycles. The molecular formula is C28H40ClN3O2. The third-order valence-corrected chi connectivity index (χ3v) is 8.01. The highest BCUT2D eigenvalue weighted by molar-refractivity contribution is 5.98. The Morgan fingerprint density at radius 2 is 1.50 bits per heavy atom. The highest BCUT2D eigenvalue weighted by Crippen LogP contribution is 2.27. The Hall–Kier alpha value is -1.82. The van der Waals surface area contributed by atoms with Crippen molar-refractivity contribution in [2.75, 3.05) is 39.3 Å². The van der Waals surface area contributed by atoms with Crippen LogP contribution in [0.2, 0.25) is 0 Å². The number of amides is 1. The van der Waals surface area contributed by atoms with Crippen LogP contribution in [-0.2, 0) is 0 Å². The number of likely N-dealkylation sites (tertiary alicyclic amines) is 1. The predicted molar refractivity (Wildman–Crippen MR) is 141 cm³/mol. The van der Waals surface area contributed by atoms with Crippen molar-refractivity contribution in [2.45, 2.75) is 70.6 Å². The predicted octanol–water partition coefficient (Wildman–Crippen LogP) is 5.21. The average Bonchev–Trinajstić information content (AvgIpc) is 3.39. The number of halogens is 1. The normalized spacial score (nSPS) is 21.2. The summed E-state index contributed by atoms with van der Waals surface area (Å²) in [6, 6.07) is 13.8. The Balaban J connectivity index is 0.00000274. The molecule has 186 valence electrons. The van der Waals surface area contributed by atoms with Gasteiger partial charge in [0, 0.05) is 56.9 Å². The minimum Gasteiger partial charge on any atom is -0.490 e. The summed E-state index contributed by atoms with van der Waals surface area (Å²) in [6.07, 6.45) is 7.86. The highest BCUT2D eigenvalue weighted by atomic mass is 35.5. The molecule has 2 aromatic carbocycles. The molecule has 0 spiro atoms. The van der Waals surface area contributed by atoms with E-state index in [0.717, 1.165) is 80.2 Å². The van der Waals surface area contributed by atoms with E-state index in [2.05, 4.69) is 47.9 Å². The molecular weight excluding hydrogens is 446 g/mol. The Bertz CT molecular complexity index is 959. The number of nitrogens with zero attached hydrogens (tertiary/aromatic N) is 3. The number of piperidine rings is 1. The third kappa shape index (κ3) is 5.69. The van der Waals surface area contributed by atoms with E-state index in [1.165, 1.54) is 25.7 Å². The number of hydrogen-bond donors (Lipinski definition) is 0. The van der Waals surface area contributed by atoms with Gasteiger partial charge in [-0.25, -0.2) is 0 Å². The van der Waals surface area contributed by atoms with Crippen molar-refractivity contribution in [1.29, 1.82) is 0 Å². The quantitative estimate of drug-likeness (QED) is 0.582. The summed E-state index contributed by atoms with van der Waals surface area (Å²) in [5.41, 5.74) is 0.798. The second kappa shape index (κ2) is 11.3. The van der Waals surface area contributed by atoms with Crippen LogP contribution in [0.5, 0.6) is 5.75 Å². The van der Waals surface area contributed by atoms with Gasteiger partial charge in [0.15, 0.2) is 0 Å². The maximum atomic E-state index is 13.2. The minimum absolute atomic E-state index is 0. The zero-order chi connectivity index (χ0) is 22.8. The average molecular weight is 486 g/mol. The van der Waals surface area contributed by atoms with Gasteiger partial charge in [0.2, 0.25) is 0 Å². The summed E-state index contributed by atoms with van der Waals surface area (Å²) in [5.74, 6) is 1.10. The second-order valence-electron chi connectivity index (χ2n) is 10.4. The first-order chi connectivity index (χ1) is 16.1. The van der Waals surface area contributed by atoms with E-state index in [1.54, 1.807) is 0 Å². The van der Waals surface area contributed by atoms with Crippen molar-refractivity contribution in [2.24, 2.45) is 0 Å². The number of benzene rings is 2. The number of carbonyl (C=O) groups excluding carboxylic acids is 1. The monoisotopic (exact) mass is 485 g/mol. The largest absolute Gasteiger partial charge is 0.490 e. The SMILES string of the molecule is CC(C)N1CCC(Oc2ccc3cc(C(=O)N4CCN(C5CCCC5)CC4)ccc3c2)CC1.Cl. The fraction of sp³-hybridized carbons (Fsp3) is 0.607. The molecule has 0 atom stereocenters. The lowest BCUT2D eigenvalue weighted by Gasteiger charge is -2.38. The van der Waals surface area contributed by atoms with Crippen molar-refractivity contribution in [3.05, 3.63) is 42.0 Å². The molecule has 2 heterocycles. The molecule has 2 saturated heterocycles. The summed E-state index contributed by atoms with van der Waals surface area (Å²) in [7, 11) is 0. The van der Waals surface area contributed by atoms with E-state index in [9.17, 15) is 4.79 Å². The molecule has 0 N–H and O–H groups in total. The molecule has 3 aliphatic rings. The Labute approximate surface area is 210 Å². The highest BCUT2D eigenvalue weighted by Gasteiger charge is 2.28. The van der Waals surface area contributed by atoms with Gasteiger partial charge in [-0.3, -0.25) is 9.69 Å². The summed E-state index contributed by atoms with van der Waals surface area (Å²) < 4.78 is 6.31. The minimum atomic E-state index is 0. The van der Waals surface area contributed by atoms with E-state index in [0.29, 0.717) is 12.1 Å². The van der Waals surface area contributed by atoms with Gasteiger partial charge in [-0.05, 0) is 74.6 Å². The van der Waals surface area contributed by atoms with Crippen LogP contribution >= 0.6 is 12.4 Å². The topological polar surface area (TPSA) is 36.0 Å². The van der Waals surface area contributed by atoms with E-state index in [1.807, 2.05) is 17.0 Å². The first kappa shape index (κ1) is 25.3. The van der Waals surface area contributed by atoms with Crippen molar-refractivity contribution >= 4 is 29.1 Å². The molecule has 3 fully saturated rings. The fourth-order valence-corrected chi connectivity index (χ4v) is 5.87. The summed E-state index contributed by atoms with van der Waals surface area (Å²) >= 11 is 0. The maximum absolute atomic E-state index is 13.2. The van der Waals surface area contributed by atoms with Crippen molar-refractivity contribution < 1.29 is 9.53 Å². The maximum Gasteiger partial charge on any atom is 0.253 e. The van der Waals surface area contributed by atoms with Gasteiger partial charge in [0.05, 0.1) is 0 Å². The van der Waals surface area contributed by atoms with E-state index in [4.69, 9.17) is 4.74 Å². The molecule has 0 bridgehead atoms. The van der Waals surface area contributed by atoms with Crippen molar-refractivity contribution in [3.8, 4) is 5.75 Å². The Morgan fingerprint density at radius 3 is 2.18 bits per heavy atom. The van der Waals surface area contributed by atoms with Gasteiger partial charge in [-0.15, -0.1) is 12.4 Å². The second-order valence-corrected chi connectivity index (χ2v) is 10.4. The molecule has 1 amide bonds. The first-order valence-corrected chi connectivity index (χ1v) is 13.0. The van der Waals surface area contributed by atoms with E-state index >= 15 is 0 Å². The zero-order valence-corrected chi connectivity index (χ0v) is 21.6.